The highest BCUT2D eigenvalue weighted by Gasteiger charge is 2.15. The standard InChI is InChI=1S/C52H100N2O4/c1-5-8-11-14-17-26-33-48-57-51(55)40-29-22-18-24-31-44-54(46-35-37-49-36-34-43-53(4)47-42-49)45-32-25-19-23-30-41-52(56)58-50(38-27-20-15-12-9-6-2)39-28-21-16-13-10-7-3/h36,50H,5-35,37-48H2,1-4H3. The van der Waals surface area contributed by atoms with Crippen molar-refractivity contribution in [2.75, 3.05) is 46.4 Å². The van der Waals surface area contributed by atoms with Crippen molar-refractivity contribution in [2.24, 2.45) is 0 Å². The number of hydrogen-bond donors (Lipinski definition) is 0. The molecule has 0 radical (unpaired) electrons. The highest BCUT2D eigenvalue weighted by molar-refractivity contribution is 5.69. The van der Waals surface area contributed by atoms with E-state index in [0.717, 1.165) is 44.9 Å². The van der Waals surface area contributed by atoms with Gasteiger partial charge in [-0.25, -0.2) is 0 Å². The molecule has 0 spiro atoms. The molecule has 58 heavy (non-hydrogen) atoms. The molecule has 0 aliphatic carbocycles. The Labute approximate surface area is 362 Å². The smallest absolute Gasteiger partial charge is 0.306 e. The summed E-state index contributed by atoms with van der Waals surface area (Å²) in [5.74, 6) is 0.0427. The molecule has 1 rings (SSSR count). The van der Waals surface area contributed by atoms with Gasteiger partial charge in [-0.15, -0.1) is 0 Å². The van der Waals surface area contributed by atoms with E-state index in [4.69, 9.17) is 9.47 Å². The van der Waals surface area contributed by atoms with Gasteiger partial charge >= 0.3 is 11.9 Å². The van der Waals surface area contributed by atoms with Crippen LogP contribution >= 0.6 is 0 Å². The molecule has 0 aromatic rings. The zero-order valence-corrected chi connectivity index (χ0v) is 39.6. The monoisotopic (exact) mass is 817 g/mol. The maximum absolute atomic E-state index is 12.9. The Bertz CT molecular complexity index is 922. The van der Waals surface area contributed by atoms with E-state index in [1.807, 2.05) is 0 Å². The van der Waals surface area contributed by atoms with E-state index in [1.54, 1.807) is 5.57 Å². The van der Waals surface area contributed by atoms with Gasteiger partial charge in [-0.1, -0.05) is 174 Å². The number of unbranched alkanes of at least 4 members (excludes halogenated alkanes) is 24. The van der Waals surface area contributed by atoms with Gasteiger partial charge in [0.15, 0.2) is 0 Å². The largest absolute Gasteiger partial charge is 0.466 e. The fourth-order valence-electron chi connectivity index (χ4n) is 8.53. The van der Waals surface area contributed by atoms with Gasteiger partial charge in [0.1, 0.15) is 6.10 Å². The topological polar surface area (TPSA) is 59.1 Å². The zero-order chi connectivity index (χ0) is 42.0. The lowest BCUT2D eigenvalue weighted by molar-refractivity contribution is -0.150. The summed E-state index contributed by atoms with van der Waals surface area (Å²) in [5, 5.41) is 0. The Hall–Kier alpha value is -1.40. The van der Waals surface area contributed by atoms with Crippen LogP contribution in [0.5, 0.6) is 0 Å². The van der Waals surface area contributed by atoms with Crippen molar-refractivity contribution in [2.45, 2.75) is 264 Å². The highest BCUT2D eigenvalue weighted by Crippen LogP contribution is 2.20. The minimum absolute atomic E-state index is 0.00114. The average Bonchev–Trinajstić information content (AvgIpc) is 3.43. The molecule has 0 saturated carbocycles. The summed E-state index contributed by atoms with van der Waals surface area (Å²) in [5.41, 5.74) is 1.67. The predicted octanol–water partition coefficient (Wildman–Crippen LogP) is 15.1. The first kappa shape index (κ1) is 54.6. The molecule has 0 saturated heterocycles. The quantitative estimate of drug-likeness (QED) is 0.0347. The Balaban J connectivity index is 2.33. The summed E-state index contributed by atoms with van der Waals surface area (Å²) >= 11 is 0. The van der Waals surface area contributed by atoms with Crippen molar-refractivity contribution in [3.05, 3.63) is 11.6 Å². The van der Waals surface area contributed by atoms with Crippen molar-refractivity contribution >= 4 is 11.9 Å². The second-order valence-electron chi connectivity index (χ2n) is 18.3. The third kappa shape index (κ3) is 36.5. The Kier molecular flexibility index (Phi) is 39.8. The molecule has 6 nitrogen and oxygen atoms in total. The van der Waals surface area contributed by atoms with Crippen molar-refractivity contribution in [1.29, 1.82) is 0 Å². The first-order valence-electron chi connectivity index (χ1n) is 25.9. The van der Waals surface area contributed by atoms with Gasteiger partial charge < -0.3 is 19.3 Å². The summed E-state index contributed by atoms with van der Waals surface area (Å²) in [4.78, 5) is 30.2. The number of ether oxygens (including phenoxy) is 2. The Morgan fingerprint density at radius 2 is 1.00 bits per heavy atom. The summed E-state index contributed by atoms with van der Waals surface area (Å²) in [7, 11) is 2.25. The maximum atomic E-state index is 12.9. The second-order valence-corrected chi connectivity index (χ2v) is 18.3. The number of hydrogen-bond acceptors (Lipinski definition) is 6. The molecule has 1 heterocycles. The second kappa shape index (κ2) is 42.3. The van der Waals surface area contributed by atoms with Crippen molar-refractivity contribution in [1.82, 2.24) is 9.80 Å². The van der Waals surface area contributed by atoms with Crippen LogP contribution in [0.4, 0.5) is 0 Å². The van der Waals surface area contributed by atoms with E-state index in [1.165, 1.54) is 213 Å². The van der Waals surface area contributed by atoms with Crippen molar-refractivity contribution in [3.8, 4) is 0 Å². The van der Waals surface area contributed by atoms with Gasteiger partial charge in [0.25, 0.3) is 0 Å². The van der Waals surface area contributed by atoms with Crippen LogP contribution < -0.4 is 0 Å². The molecule has 0 bridgehead atoms. The molecule has 0 fully saturated rings. The molecule has 0 unspecified atom stereocenters. The molecular formula is C52H100N2O4. The molecule has 6 heteroatoms. The molecule has 0 N–H and O–H groups in total. The molecule has 0 aromatic heterocycles. The molecule has 1 aliphatic heterocycles. The van der Waals surface area contributed by atoms with E-state index in [0.29, 0.717) is 19.4 Å². The molecule has 342 valence electrons. The maximum Gasteiger partial charge on any atom is 0.306 e. The van der Waals surface area contributed by atoms with Gasteiger partial charge in [-0.05, 0) is 110 Å². The molecule has 1 aliphatic rings. The highest BCUT2D eigenvalue weighted by atomic mass is 16.5. The zero-order valence-electron chi connectivity index (χ0n) is 39.6. The number of carbonyl (C=O) groups excluding carboxylic acids is 2. The fraction of sp³-hybridized carbons (Fsp3) is 0.923. The van der Waals surface area contributed by atoms with Gasteiger partial charge in [0.2, 0.25) is 0 Å². The Morgan fingerprint density at radius 3 is 1.55 bits per heavy atom. The third-order valence-corrected chi connectivity index (χ3v) is 12.5. The lowest BCUT2D eigenvalue weighted by Crippen LogP contribution is -2.27. The number of nitrogens with zero attached hydrogens (tertiary/aromatic N) is 2. The van der Waals surface area contributed by atoms with Crippen LogP contribution in [0.2, 0.25) is 0 Å². The van der Waals surface area contributed by atoms with Crippen LogP contribution in [0.15, 0.2) is 11.6 Å². The minimum atomic E-state index is -0.00114. The van der Waals surface area contributed by atoms with E-state index in [9.17, 15) is 9.59 Å². The van der Waals surface area contributed by atoms with Crippen molar-refractivity contribution < 1.29 is 19.1 Å². The SMILES string of the molecule is CCCCCCCCCOC(=O)CCCCCCCN(CCCCCCCC(=O)OC(CCCCCCCC)CCCCCCCC)CCCC1=CCCN(C)CC1. The molecule has 0 atom stereocenters. The van der Waals surface area contributed by atoms with E-state index in [2.05, 4.69) is 43.7 Å². The van der Waals surface area contributed by atoms with Gasteiger partial charge in [-0.3, -0.25) is 9.59 Å². The minimum Gasteiger partial charge on any atom is -0.466 e. The normalized spacial score (nSPS) is 13.7. The van der Waals surface area contributed by atoms with Gasteiger partial charge in [0.05, 0.1) is 6.61 Å². The van der Waals surface area contributed by atoms with E-state index in [-0.39, 0.29) is 18.0 Å². The Morgan fingerprint density at radius 1 is 0.552 bits per heavy atom. The van der Waals surface area contributed by atoms with Crippen LogP contribution in [-0.2, 0) is 19.1 Å². The summed E-state index contributed by atoms with van der Waals surface area (Å²) in [6, 6.07) is 0. The van der Waals surface area contributed by atoms with Crippen LogP contribution in [0.1, 0.15) is 258 Å². The number of esters is 2. The average molecular weight is 817 g/mol. The molecule has 0 aromatic carbocycles. The van der Waals surface area contributed by atoms with E-state index < -0.39 is 0 Å². The predicted molar refractivity (Wildman–Crippen MR) is 251 cm³/mol. The van der Waals surface area contributed by atoms with Crippen LogP contribution in [-0.4, -0.2) is 74.2 Å². The first-order chi connectivity index (χ1) is 28.5. The summed E-state index contributed by atoms with van der Waals surface area (Å²) in [6.07, 6.45) is 46.7. The third-order valence-electron chi connectivity index (χ3n) is 12.5. The van der Waals surface area contributed by atoms with Crippen LogP contribution in [0, 0.1) is 0 Å². The number of carbonyl (C=O) groups is 2. The first-order valence-corrected chi connectivity index (χ1v) is 25.9. The van der Waals surface area contributed by atoms with Gasteiger partial charge in [0, 0.05) is 25.9 Å². The molecular weight excluding hydrogens is 717 g/mol. The lowest BCUT2D eigenvalue weighted by atomic mass is 10.0. The molecule has 0 amide bonds. The summed E-state index contributed by atoms with van der Waals surface area (Å²) in [6.45, 7) is 13.4. The van der Waals surface area contributed by atoms with Gasteiger partial charge in [-0.2, -0.15) is 0 Å². The van der Waals surface area contributed by atoms with Crippen LogP contribution in [0.25, 0.3) is 0 Å². The fourth-order valence-corrected chi connectivity index (χ4v) is 8.53. The summed E-state index contributed by atoms with van der Waals surface area (Å²) < 4.78 is 11.6. The lowest BCUT2D eigenvalue weighted by Gasteiger charge is -2.23. The number of rotatable bonds is 43. The van der Waals surface area contributed by atoms with Crippen molar-refractivity contribution in [3.63, 3.8) is 0 Å². The van der Waals surface area contributed by atoms with E-state index >= 15 is 0 Å². The van der Waals surface area contributed by atoms with Crippen LogP contribution in [0.3, 0.4) is 0 Å².